The van der Waals surface area contributed by atoms with Gasteiger partial charge in [-0.25, -0.2) is 0 Å². The highest BCUT2D eigenvalue weighted by Gasteiger charge is 2.30. The molecule has 0 aromatic heterocycles. The normalized spacial score (nSPS) is 18.1. The van der Waals surface area contributed by atoms with Gasteiger partial charge in [0.15, 0.2) is 0 Å². The molecule has 0 aliphatic carbocycles. The summed E-state index contributed by atoms with van der Waals surface area (Å²) in [5, 5.41) is 9.21. The topological polar surface area (TPSA) is 53.0 Å². The summed E-state index contributed by atoms with van der Waals surface area (Å²) in [7, 11) is 0. The van der Waals surface area contributed by atoms with E-state index in [2.05, 4.69) is 24.8 Å². The zero-order chi connectivity index (χ0) is 12.5. The summed E-state index contributed by atoms with van der Waals surface area (Å²) in [5.74, 6) is 0. The molecule has 0 spiro atoms. The van der Waals surface area contributed by atoms with Crippen molar-refractivity contribution in [3.63, 3.8) is 0 Å². The molecule has 17 heavy (non-hydrogen) atoms. The molecular formula is C14H19N3. The first-order chi connectivity index (χ1) is 8.05. The number of hydrogen-bond acceptors (Lipinski definition) is 3. The Kier molecular flexibility index (Phi) is 3.08. The largest absolute Gasteiger partial charge is 0.370 e. The third kappa shape index (κ3) is 2.42. The van der Waals surface area contributed by atoms with Crippen molar-refractivity contribution in [3.8, 4) is 6.07 Å². The van der Waals surface area contributed by atoms with Crippen LogP contribution in [0.2, 0.25) is 0 Å². The molecule has 1 aromatic carbocycles. The fraction of sp³-hybridized carbons (Fsp3) is 0.500. The first-order valence-electron chi connectivity index (χ1n) is 6.04. The third-order valence-corrected chi connectivity index (χ3v) is 3.44. The maximum absolute atomic E-state index is 9.21. The quantitative estimate of drug-likeness (QED) is 0.846. The number of nitrogens with two attached hydrogens (primary N) is 1. The molecule has 0 bridgehead atoms. The summed E-state index contributed by atoms with van der Waals surface area (Å²) in [6, 6.07) is 8.23. The molecule has 2 N–H and O–H groups in total. The smallest absolute Gasteiger partial charge is 0.101 e. The van der Waals surface area contributed by atoms with E-state index in [1.807, 2.05) is 18.2 Å². The number of nitrogens with zero attached hydrogens (tertiary/aromatic N) is 2. The second kappa shape index (κ2) is 4.38. The second-order valence-corrected chi connectivity index (χ2v) is 5.50. The second-order valence-electron chi connectivity index (χ2n) is 5.50. The molecule has 3 heteroatoms. The monoisotopic (exact) mass is 229 g/mol. The van der Waals surface area contributed by atoms with E-state index < -0.39 is 0 Å². The van der Waals surface area contributed by atoms with E-state index in [-0.39, 0.29) is 0 Å². The van der Waals surface area contributed by atoms with Gasteiger partial charge in [0.05, 0.1) is 11.3 Å². The molecule has 1 aliphatic heterocycles. The minimum Gasteiger partial charge on any atom is -0.370 e. The summed E-state index contributed by atoms with van der Waals surface area (Å²) in [4.78, 5) is 2.30. The van der Waals surface area contributed by atoms with E-state index in [4.69, 9.17) is 5.73 Å². The van der Waals surface area contributed by atoms with E-state index in [0.717, 1.165) is 29.9 Å². The Hall–Kier alpha value is -1.53. The Balaban J connectivity index is 2.31. The number of rotatable bonds is 2. The van der Waals surface area contributed by atoms with Crippen LogP contribution in [0.1, 0.15) is 31.4 Å². The lowest BCUT2D eigenvalue weighted by Crippen LogP contribution is -2.23. The van der Waals surface area contributed by atoms with E-state index in [9.17, 15) is 5.26 Å². The molecular weight excluding hydrogens is 210 g/mol. The molecule has 2 rings (SSSR count). The van der Waals surface area contributed by atoms with Crippen molar-refractivity contribution < 1.29 is 0 Å². The van der Waals surface area contributed by atoms with Gasteiger partial charge in [0.1, 0.15) is 6.07 Å². The average Bonchev–Trinajstić information content (AvgIpc) is 2.68. The van der Waals surface area contributed by atoms with Crippen LogP contribution >= 0.6 is 0 Å². The van der Waals surface area contributed by atoms with Crippen molar-refractivity contribution in [2.75, 3.05) is 18.0 Å². The van der Waals surface area contributed by atoms with Crippen molar-refractivity contribution >= 4 is 5.69 Å². The molecule has 0 saturated carbocycles. The Labute approximate surface area is 103 Å². The lowest BCUT2D eigenvalue weighted by Gasteiger charge is -2.22. The summed E-state index contributed by atoms with van der Waals surface area (Å²) in [6.07, 6.45) is 1.18. The van der Waals surface area contributed by atoms with Gasteiger partial charge in [0.2, 0.25) is 0 Å². The van der Waals surface area contributed by atoms with Crippen LogP contribution in [-0.4, -0.2) is 13.1 Å². The highest BCUT2D eigenvalue weighted by atomic mass is 15.2. The van der Waals surface area contributed by atoms with Gasteiger partial charge in [-0.3, -0.25) is 0 Å². The Bertz CT molecular complexity index is 457. The van der Waals surface area contributed by atoms with Gasteiger partial charge < -0.3 is 10.6 Å². The predicted molar refractivity (Wildman–Crippen MR) is 69.7 cm³/mol. The zero-order valence-electron chi connectivity index (χ0n) is 10.5. The summed E-state index contributed by atoms with van der Waals surface area (Å²) in [5.41, 5.74) is 8.75. The Morgan fingerprint density at radius 3 is 2.76 bits per heavy atom. The van der Waals surface area contributed by atoms with Gasteiger partial charge in [0.25, 0.3) is 0 Å². The van der Waals surface area contributed by atoms with Crippen LogP contribution < -0.4 is 10.6 Å². The fourth-order valence-electron chi connectivity index (χ4n) is 2.39. The van der Waals surface area contributed by atoms with Crippen LogP contribution in [0.5, 0.6) is 0 Å². The molecule has 3 nitrogen and oxygen atoms in total. The molecule has 1 fully saturated rings. The van der Waals surface area contributed by atoms with Crippen LogP contribution in [0.25, 0.3) is 0 Å². The number of benzene rings is 1. The molecule has 1 aliphatic rings. The standard InChI is InChI=1S/C14H19N3/c1-14(2)5-6-17(10-14)13-4-3-11(8-15)7-12(13)9-16/h3-4,7H,5-6,8,10,15H2,1-2H3. The Morgan fingerprint density at radius 2 is 2.24 bits per heavy atom. The summed E-state index contributed by atoms with van der Waals surface area (Å²) >= 11 is 0. The van der Waals surface area contributed by atoms with E-state index in [1.165, 1.54) is 6.42 Å². The summed E-state index contributed by atoms with van der Waals surface area (Å²) < 4.78 is 0. The van der Waals surface area contributed by atoms with Crippen LogP contribution in [0.3, 0.4) is 0 Å². The van der Waals surface area contributed by atoms with Crippen molar-refractivity contribution in [1.29, 1.82) is 5.26 Å². The van der Waals surface area contributed by atoms with Crippen LogP contribution in [0, 0.1) is 16.7 Å². The van der Waals surface area contributed by atoms with Crippen LogP contribution in [0.4, 0.5) is 5.69 Å². The van der Waals surface area contributed by atoms with E-state index in [0.29, 0.717) is 12.0 Å². The molecule has 0 unspecified atom stereocenters. The van der Waals surface area contributed by atoms with Crippen molar-refractivity contribution in [2.45, 2.75) is 26.8 Å². The van der Waals surface area contributed by atoms with Gasteiger partial charge in [0, 0.05) is 19.6 Å². The lowest BCUT2D eigenvalue weighted by molar-refractivity contribution is 0.418. The van der Waals surface area contributed by atoms with Gasteiger partial charge in [-0.2, -0.15) is 5.26 Å². The molecule has 0 amide bonds. The van der Waals surface area contributed by atoms with Crippen molar-refractivity contribution in [3.05, 3.63) is 29.3 Å². The first kappa shape index (κ1) is 11.9. The molecule has 0 atom stereocenters. The maximum Gasteiger partial charge on any atom is 0.101 e. The number of nitriles is 1. The highest BCUT2D eigenvalue weighted by molar-refractivity contribution is 5.61. The fourth-order valence-corrected chi connectivity index (χ4v) is 2.39. The predicted octanol–water partition coefficient (Wildman–Crippen LogP) is 2.25. The minimum absolute atomic E-state index is 0.346. The number of hydrogen-bond donors (Lipinski definition) is 1. The third-order valence-electron chi connectivity index (χ3n) is 3.44. The first-order valence-corrected chi connectivity index (χ1v) is 6.04. The van der Waals surface area contributed by atoms with Gasteiger partial charge in [-0.15, -0.1) is 0 Å². The van der Waals surface area contributed by atoms with Crippen LogP contribution in [0.15, 0.2) is 18.2 Å². The lowest BCUT2D eigenvalue weighted by atomic mass is 9.93. The SMILES string of the molecule is CC1(C)CCN(c2ccc(CN)cc2C#N)C1. The van der Waals surface area contributed by atoms with E-state index in [1.54, 1.807) is 0 Å². The van der Waals surface area contributed by atoms with E-state index >= 15 is 0 Å². The Morgan fingerprint density at radius 1 is 1.47 bits per heavy atom. The molecule has 0 radical (unpaired) electrons. The van der Waals surface area contributed by atoms with Gasteiger partial charge >= 0.3 is 0 Å². The van der Waals surface area contributed by atoms with Crippen molar-refractivity contribution in [2.24, 2.45) is 11.1 Å². The maximum atomic E-state index is 9.21. The molecule has 90 valence electrons. The minimum atomic E-state index is 0.346. The van der Waals surface area contributed by atoms with Crippen molar-refractivity contribution in [1.82, 2.24) is 0 Å². The van der Waals surface area contributed by atoms with Crippen LogP contribution in [-0.2, 0) is 6.54 Å². The van der Waals surface area contributed by atoms with Gasteiger partial charge in [-0.1, -0.05) is 19.9 Å². The van der Waals surface area contributed by atoms with Gasteiger partial charge in [-0.05, 0) is 29.5 Å². The summed E-state index contributed by atoms with van der Waals surface area (Å²) in [6.45, 7) is 7.08. The molecule has 1 aromatic rings. The average molecular weight is 229 g/mol. The zero-order valence-corrected chi connectivity index (χ0v) is 10.5. The molecule has 1 saturated heterocycles. The number of anilines is 1. The molecule has 1 heterocycles. The highest BCUT2D eigenvalue weighted by Crippen LogP contribution is 2.34.